The van der Waals surface area contributed by atoms with Crippen LogP contribution in [0.2, 0.25) is 0 Å². The van der Waals surface area contributed by atoms with Gasteiger partial charge < -0.3 is 9.47 Å². The fourth-order valence-corrected chi connectivity index (χ4v) is 6.50. The molecule has 0 saturated heterocycles. The van der Waals surface area contributed by atoms with Gasteiger partial charge in [0.1, 0.15) is 17.2 Å². The van der Waals surface area contributed by atoms with Gasteiger partial charge in [0, 0.05) is 11.3 Å². The molecule has 0 bridgehead atoms. The predicted molar refractivity (Wildman–Crippen MR) is 167 cm³/mol. The van der Waals surface area contributed by atoms with Crippen molar-refractivity contribution in [3.8, 4) is 27.8 Å². The Bertz CT molecular complexity index is 1370. The fourth-order valence-electron chi connectivity index (χ4n) is 3.94. The van der Waals surface area contributed by atoms with Gasteiger partial charge in [-0.3, -0.25) is 4.79 Å². The molecule has 40 heavy (non-hydrogen) atoms. The van der Waals surface area contributed by atoms with E-state index >= 15 is 0 Å². The van der Waals surface area contributed by atoms with Gasteiger partial charge in [0.15, 0.2) is 0 Å². The second-order valence-corrected chi connectivity index (χ2v) is 12.1. The zero-order valence-corrected chi connectivity index (χ0v) is 24.9. The van der Waals surface area contributed by atoms with Crippen LogP contribution in [0.4, 0.5) is 0 Å². The molecule has 2 aromatic carbocycles. The third-order valence-corrected chi connectivity index (χ3v) is 8.97. The number of hydrogen-bond acceptors (Lipinski definition) is 8. The molecule has 0 radical (unpaired) electrons. The molecule has 5 nitrogen and oxygen atoms in total. The van der Waals surface area contributed by atoms with E-state index in [1.54, 1.807) is 23.1 Å². The van der Waals surface area contributed by atoms with Gasteiger partial charge in [0.2, 0.25) is 0 Å². The van der Waals surface area contributed by atoms with E-state index in [2.05, 4.69) is 13.0 Å². The number of esters is 1. The predicted octanol–water partition coefficient (Wildman–Crippen LogP) is 8.10. The first kappa shape index (κ1) is 29.9. The molecule has 0 amide bonds. The molecule has 1 atom stereocenters. The summed E-state index contributed by atoms with van der Waals surface area (Å²) in [5.74, 6) is 1.41. The molecule has 2 aromatic heterocycles. The Kier molecular flexibility index (Phi) is 12.1. The number of ether oxygens (including phenoxy) is 2. The number of pyridine rings is 1. The van der Waals surface area contributed by atoms with Crippen LogP contribution in [-0.2, 0) is 20.9 Å². The topological polar surface area (TPSA) is 72.2 Å². The summed E-state index contributed by atoms with van der Waals surface area (Å²) in [7, 11) is 0. The number of unbranched alkanes of at least 4 members (excludes halogenated alkanes) is 1. The van der Waals surface area contributed by atoms with Crippen LogP contribution in [0, 0.1) is 11.3 Å². The molecular weight excluding hydrogens is 557 g/mol. The van der Waals surface area contributed by atoms with Crippen molar-refractivity contribution in [1.29, 1.82) is 5.26 Å². The first-order chi connectivity index (χ1) is 19.7. The van der Waals surface area contributed by atoms with E-state index in [1.165, 1.54) is 11.8 Å². The standard InChI is InChI=1S/C32H32N2O3S3/c1-2-3-16-38-22-26(21-36-20-24-11-6-4-7-12-24)37-31(35)23-40-32-28(19-33)27(25-13-8-5-9-14-25)18-29(34-32)30-15-10-17-39-30/h4-15,17-18,26H,2-3,16,20-23H2,1H3. The molecule has 0 N–H and O–H groups in total. The van der Waals surface area contributed by atoms with Crippen LogP contribution in [0.25, 0.3) is 21.7 Å². The Hall–Kier alpha value is -3.09. The van der Waals surface area contributed by atoms with E-state index in [9.17, 15) is 10.1 Å². The number of rotatable bonds is 15. The number of aromatic nitrogens is 1. The smallest absolute Gasteiger partial charge is 0.316 e. The molecule has 8 heteroatoms. The molecule has 206 valence electrons. The number of benzene rings is 2. The van der Waals surface area contributed by atoms with Crippen molar-refractivity contribution < 1.29 is 14.3 Å². The van der Waals surface area contributed by atoms with Crippen molar-refractivity contribution in [1.82, 2.24) is 4.98 Å². The third-order valence-electron chi connectivity index (χ3n) is 5.94. The number of thiophene rings is 1. The second-order valence-electron chi connectivity index (χ2n) is 9.02. The molecule has 1 unspecified atom stereocenters. The zero-order valence-electron chi connectivity index (χ0n) is 22.5. The fraction of sp³-hybridized carbons (Fsp3) is 0.281. The van der Waals surface area contributed by atoms with Crippen molar-refractivity contribution in [3.63, 3.8) is 0 Å². The highest BCUT2D eigenvalue weighted by atomic mass is 32.2. The number of nitriles is 1. The molecule has 0 saturated carbocycles. The van der Waals surface area contributed by atoms with Crippen LogP contribution >= 0.6 is 34.9 Å². The third kappa shape index (κ3) is 8.97. The quantitative estimate of drug-likeness (QED) is 0.0789. The zero-order chi connectivity index (χ0) is 28.0. The Morgan fingerprint density at radius 3 is 2.55 bits per heavy atom. The molecule has 0 aliphatic rings. The lowest BCUT2D eigenvalue weighted by molar-refractivity contribution is -0.147. The minimum absolute atomic E-state index is 0.0542. The molecule has 2 heterocycles. The highest BCUT2D eigenvalue weighted by Gasteiger charge is 2.20. The number of hydrogen-bond donors (Lipinski definition) is 0. The van der Waals surface area contributed by atoms with Crippen molar-refractivity contribution >= 4 is 40.8 Å². The average Bonchev–Trinajstić information content (AvgIpc) is 3.54. The molecule has 4 aromatic rings. The molecule has 0 aliphatic carbocycles. The monoisotopic (exact) mass is 588 g/mol. The van der Waals surface area contributed by atoms with Crippen LogP contribution in [0.15, 0.2) is 89.3 Å². The van der Waals surface area contributed by atoms with Crippen molar-refractivity contribution in [2.24, 2.45) is 0 Å². The lowest BCUT2D eigenvalue weighted by atomic mass is 10.0. The largest absolute Gasteiger partial charge is 0.458 e. The van der Waals surface area contributed by atoms with Crippen molar-refractivity contribution in [2.75, 3.05) is 23.9 Å². The first-order valence-electron chi connectivity index (χ1n) is 13.2. The lowest BCUT2D eigenvalue weighted by Gasteiger charge is -2.18. The van der Waals surface area contributed by atoms with Crippen LogP contribution in [0.3, 0.4) is 0 Å². The maximum atomic E-state index is 13.0. The summed E-state index contributed by atoms with van der Waals surface area (Å²) < 4.78 is 11.8. The summed E-state index contributed by atoms with van der Waals surface area (Å²) in [5.41, 5.74) is 4.06. The van der Waals surface area contributed by atoms with Gasteiger partial charge >= 0.3 is 5.97 Å². The molecular formula is C32H32N2O3S3. The second kappa shape index (κ2) is 16.2. The lowest BCUT2D eigenvalue weighted by Crippen LogP contribution is -2.27. The highest BCUT2D eigenvalue weighted by Crippen LogP contribution is 2.35. The molecule has 0 spiro atoms. The summed E-state index contributed by atoms with van der Waals surface area (Å²) in [6.07, 6.45) is 1.90. The van der Waals surface area contributed by atoms with Crippen LogP contribution < -0.4 is 0 Å². The van der Waals surface area contributed by atoms with Gasteiger partial charge in [0.25, 0.3) is 0 Å². The minimum Gasteiger partial charge on any atom is -0.458 e. The van der Waals surface area contributed by atoms with Crippen molar-refractivity contribution in [2.45, 2.75) is 37.5 Å². The summed E-state index contributed by atoms with van der Waals surface area (Å²) >= 11 is 4.61. The Balaban J connectivity index is 1.45. The number of carbonyl (C=O) groups excluding carboxylic acids is 1. The van der Waals surface area contributed by atoms with Crippen LogP contribution in [0.1, 0.15) is 30.9 Å². The van der Waals surface area contributed by atoms with E-state index in [-0.39, 0.29) is 17.8 Å². The number of nitrogens with zero attached hydrogens (tertiary/aromatic N) is 2. The Morgan fingerprint density at radius 2 is 1.85 bits per heavy atom. The van der Waals surface area contributed by atoms with Gasteiger partial charge in [-0.1, -0.05) is 91.8 Å². The van der Waals surface area contributed by atoms with Gasteiger partial charge in [0.05, 0.1) is 35.1 Å². The Morgan fingerprint density at radius 1 is 1.07 bits per heavy atom. The van der Waals surface area contributed by atoms with Gasteiger partial charge in [-0.15, -0.1) is 11.3 Å². The van der Waals surface area contributed by atoms with E-state index < -0.39 is 0 Å². The summed E-state index contributed by atoms with van der Waals surface area (Å²) in [5, 5.41) is 12.6. The maximum absolute atomic E-state index is 13.0. The summed E-state index contributed by atoms with van der Waals surface area (Å²) in [4.78, 5) is 18.8. The molecule has 0 fully saturated rings. The minimum atomic E-state index is -0.348. The van der Waals surface area contributed by atoms with Crippen molar-refractivity contribution in [3.05, 3.63) is 95.4 Å². The van der Waals surface area contributed by atoms with Gasteiger partial charge in [-0.05, 0) is 40.8 Å². The van der Waals surface area contributed by atoms with Crippen LogP contribution in [0.5, 0.6) is 0 Å². The van der Waals surface area contributed by atoms with Crippen LogP contribution in [-0.4, -0.2) is 40.9 Å². The Labute approximate surface area is 249 Å². The first-order valence-corrected chi connectivity index (χ1v) is 16.3. The normalized spacial score (nSPS) is 11.6. The summed E-state index contributed by atoms with van der Waals surface area (Å²) in [6.45, 7) is 2.97. The van der Waals surface area contributed by atoms with E-state index in [0.29, 0.717) is 29.6 Å². The SMILES string of the molecule is CCCCSCC(COCc1ccccc1)OC(=O)CSc1nc(-c2cccs2)cc(-c2ccccc2)c1C#N. The number of thioether (sulfide) groups is 2. The number of carbonyl (C=O) groups is 1. The van der Waals surface area contributed by atoms with Gasteiger partial charge in [-0.25, -0.2) is 4.98 Å². The average molecular weight is 589 g/mol. The summed E-state index contributed by atoms with van der Waals surface area (Å²) in [6, 6.07) is 28.0. The van der Waals surface area contributed by atoms with E-state index in [0.717, 1.165) is 45.9 Å². The van der Waals surface area contributed by atoms with E-state index in [1.807, 2.05) is 84.2 Å². The molecule has 4 rings (SSSR count). The maximum Gasteiger partial charge on any atom is 0.316 e. The highest BCUT2D eigenvalue weighted by molar-refractivity contribution is 8.00. The molecule has 0 aliphatic heterocycles. The van der Waals surface area contributed by atoms with Gasteiger partial charge in [-0.2, -0.15) is 17.0 Å². The van der Waals surface area contributed by atoms with E-state index in [4.69, 9.17) is 14.5 Å².